The molecule has 0 aliphatic rings. The standard InChI is InChI=1S/C15H18FNS/c1-3-14(12-7-4-5-8-13(12)16)17-11(2)15-9-6-10-18-15/h4-11,14,17H,3H2,1-2H3. The van der Waals surface area contributed by atoms with Crippen LogP contribution in [-0.2, 0) is 0 Å². The summed E-state index contributed by atoms with van der Waals surface area (Å²) in [5, 5.41) is 5.56. The smallest absolute Gasteiger partial charge is 0.127 e. The quantitative estimate of drug-likeness (QED) is 0.825. The first-order chi connectivity index (χ1) is 8.72. The second-order valence-corrected chi connectivity index (χ2v) is 5.37. The molecule has 2 aromatic rings. The monoisotopic (exact) mass is 263 g/mol. The van der Waals surface area contributed by atoms with Gasteiger partial charge >= 0.3 is 0 Å². The van der Waals surface area contributed by atoms with Crippen molar-refractivity contribution in [1.29, 1.82) is 0 Å². The fraction of sp³-hybridized carbons (Fsp3) is 0.333. The fourth-order valence-corrected chi connectivity index (χ4v) is 2.85. The minimum Gasteiger partial charge on any atom is -0.302 e. The van der Waals surface area contributed by atoms with Crippen molar-refractivity contribution in [3.05, 3.63) is 58.0 Å². The molecular weight excluding hydrogens is 245 g/mol. The van der Waals surface area contributed by atoms with Crippen molar-refractivity contribution >= 4 is 11.3 Å². The SMILES string of the molecule is CCC(NC(C)c1cccs1)c1ccccc1F. The summed E-state index contributed by atoms with van der Waals surface area (Å²) in [6.07, 6.45) is 0.872. The normalized spacial score (nSPS) is 14.4. The Labute approximate surface area is 112 Å². The van der Waals surface area contributed by atoms with Gasteiger partial charge < -0.3 is 5.32 Å². The van der Waals surface area contributed by atoms with Crippen molar-refractivity contribution < 1.29 is 4.39 Å². The van der Waals surface area contributed by atoms with Crippen molar-refractivity contribution in [2.75, 3.05) is 0 Å². The summed E-state index contributed by atoms with van der Waals surface area (Å²) in [4.78, 5) is 1.28. The topological polar surface area (TPSA) is 12.0 Å². The molecule has 0 aliphatic carbocycles. The lowest BCUT2D eigenvalue weighted by atomic mass is 10.0. The van der Waals surface area contributed by atoms with Gasteiger partial charge in [0, 0.05) is 22.5 Å². The van der Waals surface area contributed by atoms with E-state index in [4.69, 9.17) is 0 Å². The summed E-state index contributed by atoms with van der Waals surface area (Å²) in [7, 11) is 0. The predicted molar refractivity (Wildman–Crippen MR) is 75.3 cm³/mol. The third-order valence-electron chi connectivity index (χ3n) is 3.11. The molecule has 0 bridgehead atoms. The molecule has 0 radical (unpaired) electrons. The molecule has 0 fully saturated rings. The molecule has 0 amide bonds. The maximum absolute atomic E-state index is 13.8. The van der Waals surface area contributed by atoms with E-state index in [9.17, 15) is 4.39 Å². The van der Waals surface area contributed by atoms with Crippen LogP contribution in [0.15, 0.2) is 41.8 Å². The molecule has 2 unspecified atom stereocenters. The zero-order valence-corrected chi connectivity index (χ0v) is 11.5. The van der Waals surface area contributed by atoms with E-state index >= 15 is 0 Å². The van der Waals surface area contributed by atoms with Crippen molar-refractivity contribution in [1.82, 2.24) is 5.32 Å². The second-order valence-electron chi connectivity index (χ2n) is 4.39. The van der Waals surface area contributed by atoms with E-state index in [0.717, 1.165) is 12.0 Å². The molecule has 0 aliphatic heterocycles. The number of thiophene rings is 1. The van der Waals surface area contributed by atoms with Crippen LogP contribution in [0.5, 0.6) is 0 Å². The summed E-state index contributed by atoms with van der Waals surface area (Å²) in [6.45, 7) is 4.20. The van der Waals surface area contributed by atoms with Gasteiger partial charge in [0.2, 0.25) is 0 Å². The van der Waals surface area contributed by atoms with Crippen molar-refractivity contribution in [2.45, 2.75) is 32.4 Å². The maximum atomic E-state index is 13.8. The Morgan fingerprint density at radius 3 is 2.61 bits per heavy atom. The van der Waals surface area contributed by atoms with Gasteiger partial charge in [-0.1, -0.05) is 31.2 Å². The first kappa shape index (κ1) is 13.2. The molecule has 0 spiro atoms. The molecule has 0 saturated carbocycles. The summed E-state index contributed by atoms with van der Waals surface area (Å²) < 4.78 is 13.8. The van der Waals surface area contributed by atoms with Gasteiger partial charge in [0.25, 0.3) is 0 Å². The third kappa shape index (κ3) is 2.98. The van der Waals surface area contributed by atoms with Crippen LogP contribution in [0.3, 0.4) is 0 Å². The largest absolute Gasteiger partial charge is 0.302 e. The first-order valence-corrected chi connectivity index (χ1v) is 7.14. The zero-order chi connectivity index (χ0) is 13.0. The molecule has 1 aromatic heterocycles. The highest BCUT2D eigenvalue weighted by Crippen LogP contribution is 2.25. The number of hydrogen-bond donors (Lipinski definition) is 1. The van der Waals surface area contributed by atoms with E-state index in [-0.39, 0.29) is 17.9 Å². The lowest BCUT2D eigenvalue weighted by Crippen LogP contribution is -2.24. The van der Waals surface area contributed by atoms with Gasteiger partial charge in [0.05, 0.1) is 0 Å². The van der Waals surface area contributed by atoms with Crippen molar-refractivity contribution in [3.8, 4) is 0 Å². The fourth-order valence-electron chi connectivity index (χ4n) is 2.11. The lowest BCUT2D eigenvalue weighted by molar-refractivity contribution is 0.443. The molecule has 1 N–H and O–H groups in total. The van der Waals surface area contributed by atoms with Gasteiger partial charge in [-0.3, -0.25) is 0 Å². The van der Waals surface area contributed by atoms with E-state index < -0.39 is 0 Å². The van der Waals surface area contributed by atoms with Crippen LogP contribution < -0.4 is 5.32 Å². The minimum absolute atomic E-state index is 0.0586. The lowest BCUT2D eigenvalue weighted by Gasteiger charge is -2.22. The Bertz CT molecular complexity index is 481. The summed E-state index contributed by atoms with van der Waals surface area (Å²) in [6, 6.07) is 11.5. The third-order valence-corrected chi connectivity index (χ3v) is 4.17. The van der Waals surface area contributed by atoms with E-state index in [0.29, 0.717) is 0 Å². The number of benzene rings is 1. The van der Waals surface area contributed by atoms with Crippen molar-refractivity contribution in [2.24, 2.45) is 0 Å². The van der Waals surface area contributed by atoms with Crippen LogP contribution in [0.2, 0.25) is 0 Å². The summed E-state index contributed by atoms with van der Waals surface area (Å²) in [5.74, 6) is -0.129. The van der Waals surface area contributed by atoms with Crippen LogP contribution in [0, 0.1) is 5.82 Å². The Balaban J connectivity index is 2.13. The van der Waals surface area contributed by atoms with Gasteiger partial charge in [-0.15, -0.1) is 11.3 Å². The summed E-state index contributed by atoms with van der Waals surface area (Å²) in [5.41, 5.74) is 0.753. The Kier molecular flexibility index (Phi) is 4.50. The van der Waals surface area contributed by atoms with Crippen LogP contribution in [-0.4, -0.2) is 0 Å². The van der Waals surface area contributed by atoms with E-state index in [1.165, 1.54) is 10.9 Å². The van der Waals surface area contributed by atoms with Crippen LogP contribution in [0.1, 0.15) is 42.8 Å². The molecule has 2 atom stereocenters. The molecule has 96 valence electrons. The van der Waals surface area contributed by atoms with Crippen LogP contribution in [0.4, 0.5) is 4.39 Å². The average Bonchev–Trinajstić information content (AvgIpc) is 2.90. The first-order valence-electron chi connectivity index (χ1n) is 6.26. The Morgan fingerprint density at radius 2 is 2.00 bits per heavy atom. The van der Waals surface area contributed by atoms with E-state index in [2.05, 4.69) is 30.6 Å². The molecule has 1 heterocycles. The average molecular weight is 263 g/mol. The van der Waals surface area contributed by atoms with Crippen LogP contribution >= 0.6 is 11.3 Å². The Hall–Kier alpha value is -1.19. The Morgan fingerprint density at radius 1 is 1.22 bits per heavy atom. The second kappa shape index (κ2) is 6.12. The number of hydrogen-bond acceptors (Lipinski definition) is 2. The molecular formula is C15H18FNS. The highest BCUT2D eigenvalue weighted by atomic mass is 32.1. The molecule has 1 aromatic carbocycles. The predicted octanol–water partition coefficient (Wildman–Crippen LogP) is 4.69. The molecule has 18 heavy (non-hydrogen) atoms. The molecule has 3 heteroatoms. The van der Waals surface area contributed by atoms with Crippen molar-refractivity contribution in [3.63, 3.8) is 0 Å². The molecule has 1 nitrogen and oxygen atoms in total. The highest BCUT2D eigenvalue weighted by molar-refractivity contribution is 7.10. The minimum atomic E-state index is -0.129. The van der Waals surface area contributed by atoms with Crippen LogP contribution in [0.25, 0.3) is 0 Å². The number of halogens is 1. The maximum Gasteiger partial charge on any atom is 0.127 e. The van der Waals surface area contributed by atoms with Gasteiger partial charge in [0.1, 0.15) is 5.82 Å². The van der Waals surface area contributed by atoms with E-state index in [1.807, 2.05) is 18.2 Å². The van der Waals surface area contributed by atoms with E-state index in [1.54, 1.807) is 17.4 Å². The van der Waals surface area contributed by atoms with Gasteiger partial charge in [0.15, 0.2) is 0 Å². The van der Waals surface area contributed by atoms with Gasteiger partial charge in [-0.2, -0.15) is 0 Å². The molecule has 2 rings (SSSR count). The molecule has 0 saturated heterocycles. The number of rotatable bonds is 5. The van der Waals surface area contributed by atoms with Gasteiger partial charge in [-0.25, -0.2) is 4.39 Å². The summed E-state index contributed by atoms with van der Waals surface area (Å²) >= 11 is 1.73. The van der Waals surface area contributed by atoms with Gasteiger partial charge in [-0.05, 0) is 30.9 Å². The zero-order valence-electron chi connectivity index (χ0n) is 10.7. The highest BCUT2D eigenvalue weighted by Gasteiger charge is 2.16. The number of nitrogens with one attached hydrogen (secondary N) is 1.